The molecule has 0 spiro atoms. The zero-order valence-electron chi connectivity index (χ0n) is 20.1. The van der Waals surface area contributed by atoms with Gasteiger partial charge in [-0.25, -0.2) is 9.78 Å². The summed E-state index contributed by atoms with van der Waals surface area (Å²) in [5.41, 5.74) is 4.87. The van der Waals surface area contributed by atoms with Crippen LogP contribution in [0, 0.1) is 0 Å². The van der Waals surface area contributed by atoms with Crippen molar-refractivity contribution < 1.29 is 24.6 Å². The number of carbonyl (C=O) groups excluding carboxylic acids is 1. The molecule has 0 bridgehead atoms. The Kier molecular flexibility index (Phi) is 7.59. The Morgan fingerprint density at radius 2 is 1.67 bits per heavy atom. The number of aromatic nitrogens is 2. The lowest BCUT2D eigenvalue weighted by Gasteiger charge is -2.11. The number of carboxylic acid groups (broad SMARTS) is 2. The fraction of sp³-hybridized carbons (Fsp3) is 0.241. The van der Waals surface area contributed by atoms with E-state index in [1.54, 1.807) is 30.3 Å². The second-order valence-electron chi connectivity index (χ2n) is 8.79. The number of rotatable bonds is 11. The van der Waals surface area contributed by atoms with Gasteiger partial charge in [0.05, 0.1) is 23.0 Å². The van der Waals surface area contributed by atoms with Crippen molar-refractivity contribution in [2.24, 2.45) is 0 Å². The van der Waals surface area contributed by atoms with Crippen molar-refractivity contribution in [3.05, 3.63) is 89.2 Å². The van der Waals surface area contributed by atoms with Crippen molar-refractivity contribution in [2.45, 2.75) is 45.6 Å². The third kappa shape index (κ3) is 5.51. The van der Waals surface area contributed by atoms with Crippen LogP contribution in [-0.4, -0.2) is 37.5 Å². The number of aromatic carboxylic acids is 1. The SMILES string of the molecule is CCCCc1nc2ccc(C(=O)CCC(=O)O)cc2n1Cc1ccc(-c2ccccc2C(=O)O)cc1. The first-order valence-electron chi connectivity index (χ1n) is 12.0. The van der Waals surface area contributed by atoms with Gasteiger partial charge in [-0.05, 0) is 47.4 Å². The van der Waals surface area contributed by atoms with E-state index in [0.717, 1.165) is 47.2 Å². The molecule has 36 heavy (non-hydrogen) atoms. The second-order valence-corrected chi connectivity index (χ2v) is 8.79. The van der Waals surface area contributed by atoms with Gasteiger partial charge < -0.3 is 14.8 Å². The van der Waals surface area contributed by atoms with E-state index < -0.39 is 11.9 Å². The highest BCUT2D eigenvalue weighted by molar-refractivity contribution is 6.00. The molecular formula is C29H28N2O5. The fourth-order valence-electron chi connectivity index (χ4n) is 4.31. The van der Waals surface area contributed by atoms with E-state index in [0.29, 0.717) is 17.7 Å². The molecule has 4 rings (SSSR count). The van der Waals surface area contributed by atoms with Gasteiger partial charge in [0.25, 0.3) is 0 Å². The molecule has 3 aromatic carbocycles. The molecule has 0 fully saturated rings. The molecule has 4 aromatic rings. The number of hydrogen-bond acceptors (Lipinski definition) is 4. The van der Waals surface area contributed by atoms with Crippen LogP contribution in [0.1, 0.15) is 64.7 Å². The number of carboxylic acids is 2. The zero-order valence-corrected chi connectivity index (χ0v) is 20.1. The average molecular weight is 485 g/mol. The van der Waals surface area contributed by atoms with Crippen LogP contribution in [0.25, 0.3) is 22.2 Å². The maximum atomic E-state index is 12.6. The largest absolute Gasteiger partial charge is 0.481 e. The summed E-state index contributed by atoms with van der Waals surface area (Å²) in [6, 6.07) is 20.1. The van der Waals surface area contributed by atoms with Gasteiger partial charge in [-0.3, -0.25) is 9.59 Å². The first kappa shape index (κ1) is 24.9. The number of hydrogen-bond donors (Lipinski definition) is 2. The molecule has 7 nitrogen and oxygen atoms in total. The van der Waals surface area contributed by atoms with Crippen LogP contribution in [0.4, 0.5) is 0 Å². The zero-order chi connectivity index (χ0) is 25.7. The van der Waals surface area contributed by atoms with E-state index in [1.807, 2.05) is 36.4 Å². The highest BCUT2D eigenvalue weighted by atomic mass is 16.4. The van der Waals surface area contributed by atoms with Crippen LogP contribution in [0.3, 0.4) is 0 Å². The number of carbonyl (C=O) groups is 3. The lowest BCUT2D eigenvalue weighted by Crippen LogP contribution is -2.07. The number of benzene rings is 3. The Bertz CT molecular complexity index is 1420. The smallest absolute Gasteiger partial charge is 0.336 e. The van der Waals surface area contributed by atoms with Crippen LogP contribution in [-0.2, 0) is 17.8 Å². The van der Waals surface area contributed by atoms with Gasteiger partial charge >= 0.3 is 11.9 Å². The normalized spacial score (nSPS) is 11.0. The molecule has 7 heteroatoms. The summed E-state index contributed by atoms with van der Waals surface area (Å²) >= 11 is 0. The quantitative estimate of drug-likeness (QED) is 0.259. The van der Waals surface area contributed by atoms with Crippen molar-refractivity contribution >= 4 is 28.8 Å². The van der Waals surface area contributed by atoms with E-state index in [1.165, 1.54) is 0 Å². The molecule has 0 aliphatic carbocycles. The molecule has 0 unspecified atom stereocenters. The van der Waals surface area contributed by atoms with E-state index in [4.69, 9.17) is 10.1 Å². The minimum atomic E-state index is -0.995. The van der Waals surface area contributed by atoms with Gasteiger partial charge in [-0.1, -0.05) is 55.8 Å². The van der Waals surface area contributed by atoms with Gasteiger partial charge in [0.1, 0.15) is 5.82 Å². The lowest BCUT2D eigenvalue weighted by molar-refractivity contribution is -0.136. The third-order valence-corrected chi connectivity index (χ3v) is 6.23. The predicted octanol–water partition coefficient (Wildman–Crippen LogP) is 5.84. The minimum absolute atomic E-state index is 0.0447. The summed E-state index contributed by atoms with van der Waals surface area (Å²) in [5, 5.41) is 18.4. The topological polar surface area (TPSA) is 109 Å². The Hall–Kier alpha value is -4.26. The van der Waals surface area contributed by atoms with Gasteiger partial charge in [0.2, 0.25) is 0 Å². The number of ketones is 1. The summed E-state index contributed by atoms with van der Waals surface area (Å²) < 4.78 is 2.11. The van der Waals surface area contributed by atoms with E-state index in [-0.39, 0.29) is 24.2 Å². The lowest BCUT2D eigenvalue weighted by atomic mass is 9.98. The van der Waals surface area contributed by atoms with Crippen molar-refractivity contribution in [3.63, 3.8) is 0 Å². The number of imidazole rings is 1. The number of Topliss-reactive ketones (excluding diaryl/α,β-unsaturated/α-hetero) is 1. The minimum Gasteiger partial charge on any atom is -0.481 e. The highest BCUT2D eigenvalue weighted by Crippen LogP contribution is 2.26. The van der Waals surface area contributed by atoms with E-state index >= 15 is 0 Å². The summed E-state index contributed by atoms with van der Waals surface area (Å²) in [7, 11) is 0. The predicted molar refractivity (Wildman–Crippen MR) is 137 cm³/mol. The van der Waals surface area contributed by atoms with Crippen LogP contribution in [0.2, 0.25) is 0 Å². The molecule has 2 N–H and O–H groups in total. The second kappa shape index (κ2) is 11.0. The number of unbranched alkanes of at least 4 members (excludes halogenated alkanes) is 1. The van der Waals surface area contributed by atoms with Crippen LogP contribution in [0.15, 0.2) is 66.7 Å². The molecule has 0 aliphatic heterocycles. The molecule has 0 saturated heterocycles. The molecule has 1 heterocycles. The average Bonchev–Trinajstić information content (AvgIpc) is 3.22. The van der Waals surface area contributed by atoms with E-state index in [9.17, 15) is 19.5 Å². The highest BCUT2D eigenvalue weighted by Gasteiger charge is 2.16. The van der Waals surface area contributed by atoms with Gasteiger partial charge in [0.15, 0.2) is 5.78 Å². The third-order valence-electron chi connectivity index (χ3n) is 6.23. The van der Waals surface area contributed by atoms with Crippen LogP contribution in [0.5, 0.6) is 0 Å². The van der Waals surface area contributed by atoms with Gasteiger partial charge in [0, 0.05) is 24.9 Å². The Morgan fingerprint density at radius 3 is 2.36 bits per heavy atom. The van der Waals surface area contributed by atoms with Crippen molar-refractivity contribution in [3.8, 4) is 11.1 Å². The summed E-state index contributed by atoms with van der Waals surface area (Å²) in [6.45, 7) is 2.67. The first-order chi connectivity index (χ1) is 17.4. The van der Waals surface area contributed by atoms with Crippen molar-refractivity contribution in [1.29, 1.82) is 0 Å². The Balaban J connectivity index is 1.67. The Labute approximate surface area is 209 Å². The number of fused-ring (bicyclic) bond motifs is 1. The molecule has 1 aromatic heterocycles. The molecule has 0 amide bonds. The summed E-state index contributed by atoms with van der Waals surface area (Å²) in [5.74, 6) is -1.23. The van der Waals surface area contributed by atoms with Crippen LogP contribution < -0.4 is 0 Å². The molecule has 0 aliphatic rings. The molecule has 0 saturated carbocycles. The van der Waals surface area contributed by atoms with Crippen LogP contribution >= 0.6 is 0 Å². The van der Waals surface area contributed by atoms with Gasteiger partial charge in [-0.15, -0.1) is 0 Å². The monoisotopic (exact) mass is 484 g/mol. The fourth-order valence-corrected chi connectivity index (χ4v) is 4.31. The van der Waals surface area contributed by atoms with Crippen molar-refractivity contribution in [2.75, 3.05) is 0 Å². The Morgan fingerprint density at radius 1 is 0.917 bits per heavy atom. The number of aryl methyl sites for hydroxylation is 1. The maximum Gasteiger partial charge on any atom is 0.336 e. The van der Waals surface area contributed by atoms with Crippen molar-refractivity contribution in [1.82, 2.24) is 9.55 Å². The summed E-state index contributed by atoms with van der Waals surface area (Å²) in [6.07, 6.45) is 2.57. The molecular weight excluding hydrogens is 456 g/mol. The summed E-state index contributed by atoms with van der Waals surface area (Å²) in [4.78, 5) is 39.9. The number of aliphatic carboxylic acids is 1. The number of nitrogens with zero attached hydrogens (tertiary/aromatic N) is 2. The molecule has 0 atom stereocenters. The maximum absolute atomic E-state index is 12.6. The molecule has 184 valence electrons. The molecule has 0 radical (unpaired) electrons. The van der Waals surface area contributed by atoms with Gasteiger partial charge in [-0.2, -0.15) is 0 Å². The van der Waals surface area contributed by atoms with E-state index in [2.05, 4.69) is 11.5 Å². The first-order valence-corrected chi connectivity index (χ1v) is 12.0. The standard InChI is InChI=1S/C29H28N2O5/c1-2-3-8-27-30-24-14-13-21(26(32)15-16-28(33)34)17-25(24)31(27)18-19-9-11-20(12-10-19)22-6-4-5-7-23(22)29(35)36/h4-7,9-14,17H,2-3,8,15-16,18H2,1H3,(H,33,34)(H,35,36).